The standard InChI is InChI=1S/C12H20N2O/c1-9-5-6-12(15-4)10(7-9)11(8-13)14(2)3/h5-7,11H,8,13H2,1-4H3. The lowest BCUT2D eigenvalue weighted by Gasteiger charge is -2.25. The number of aryl methyl sites for hydroxylation is 1. The van der Waals surface area contributed by atoms with Gasteiger partial charge in [-0.1, -0.05) is 17.7 Å². The highest BCUT2D eigenvalue weighted by Gasteiger charge is 2.16. The van der Waals surface area contributed by atoms with Gasteiger partial charge < -0.3 is 15.4 Å². The fourth-order valence-corrected chi connectivity index (χ4v) is 1.73. The molecule has 0 radical (unpaired) electrons. The summed E-state index contributed by atoms with van der Waals surface area (Å²) in [4.78, 5) is 2.11. The van der Waals surface area contributed by atoms with Gasteiger partial charge >= 0.3 is 0 Å². The number of likely N-dealkylation sites (N-methyl/N-ethyl adjacent to an activating group) is 1. The Morgan fingerprint density at radius 3 is 2.53 bits per heavy atom. The van der Waals surface area contributed by atoms with Crippen LogP contribution in [-0.2, 0) is 0 Å². The van der Waals surface area contributed by atoms with Gasteiger partial charge in [-0.25, -0.2) is 0 Å². The van der Waals surface area contributed by atoms with Gasteiger partial charge in [0, 0.05) is 12.1 Å². The van der Waals surface area contributed by atoms with Gasteiger partial charge in [0.15, 0.2) is 0 Å². The van der Waals surface area contributed by atoms with Gasteiger partial charge in [0.2, 0.25) is 0 Å². The fourth-order valence-electron chi connectivity index (χ4n) is 1.73. The van der Waals surface area contributed by atoms with Crippen molar-refractivity contribution in [3.8, 4) is 5.75 Å². The van der Waals surface area contributed by atoms with E-state index in [1.165, 1.54) is 5.56 Å². The van der Waals surface area contributed by atoms with Gasteiger partial charge in [0.1, 0.15) is 5.75 Å². The van der Waals surface area contributed by atoms with Crippen molar-refractivity contribution in [2.45, 2.75) is 13.0 Å². The molecule has 15 heavy (non-hydrogen) atoms. The van der Waals surface area contributed by atoms with Crippen molar-refractivity contribution in [1.82, 2.24) is 4.90 Å². The third kappa shape index (κ3) is 2.70. The molecule has 84 valence electrons. The van der Waals surface area contributed by atoms with E-state index in [9.17, 15) is 0 Å². The number of methoxy groups -OCH3 is 1. The van der Waals surface area contributed by atoms with E-state index in [0.717, 1.165) is 11.3 Å². The fraction of sp³-hybridized carbons (Fsp3) is 0.500. The number of ether oxygens (including phenoxy) is 1. The average molecular weight is 208 g/mol. The summed E-state index contributed by atoms with van der Waals surface area (Å²) < 4.78 is 5.35. The van der Waals surface area contributed by atoms with E-state index in [1.54, 1.807) is 7.11 Å². The van der Waals surface area contributed by atoms with Gasteiger partial charge in [-0.05, 0) is 27.1 Å². The van der Waals surface area contributed by atoms with Crippen LogP contribution in [0.15, 0.2) is 18.2 Å². The molecule has 0 aliphatic rings. The van der Waals surface area contributed by atoms with E-state index in [-0.39, 0.29) is 6.04 Å². The van der Waals surface area contributed by atoms with Crippen LogP contribution in [-0.4, -0.2) is 32.6 Å². The van der Waals surface area contributed by atoms with Crippen LogP contribution in [0.25, 0.3) is 0 Å². The van der Waals surface area contributed by atoms with Crippen molar-refractivity contribution in [3.05, 3.63) is 29.3 Å². The Hall–Kier alpha value is -1.06. The molecule has 0 saturated heterocycles. The van der Waals surface area contributed by atoms with Crippen molar-refractivity contribution in [1.29, 1.82) is 0 Å². The quantitative estimate of drug-likeness (QED) is 0.816. The highest BCUT2D eigenvalue weighted by molar-refractivity contribution is 5.39. The minimum absolute atomic E-state index is 0.208. The maximum Gasteiger partial charge on any atom is 0.123 e. The molecule has 1 rings (SSSR count). The molecule has 0 saturated carbocycles. The monoisotopic (exact) mass is 208 g/mol. The maximum absolute atomic E-state index is 5.78. The molecular formula is C12H20N2O. The molecule has 0 aliphatic carbocycles. The summed E-state index contributed by atoms with van der Waals surface area (Å²) in [7, 11) is 5.75. The molecule has 0 fully saturated rings. The molecule has 1 aromatic carbocycles. The smallest absolute Gasteiger partial charge is 0.123 e. The third-order valence-electron chi connectivity index (χ3n) is 2.59. The summed E-state index contributed by atoms with van der Waals surface area (Å²) in [5.74, 6) is 0.907. The average Bonchev–Trinajstić information content (AvgIpc) is 2.18. The van der Waals surface area contributed by atoms with Crippen LogP contribution in [0.1, 0.15) is 17.2 Å². The summed E-state index contributed by atoms with van der Waals surface area (Å²) in [5.41, 5.74) is 8.17. The molecule has 1 atom stereocenters. The summed E-state index contributed by atoms with van der Waals surface area (Å²) in [5, 5.41) is 0. The lowest BCUT2D eigenvalue weighted by atomic mass is 10.0. The van der Waals surface area contributed by atoms with Crippen molar-refractivity contribution >= 4 is 0 Å². The normalized spacial score (nSPS) is 12.9. The molecular weight excluding hydrogens is 188 g/mol. The SMILES string of the molecule is COc1ccc(C)cc1C(CN)N(C)C. The number of nitrogens with zero attached hydrogens (tertiary/aromatic N) is 1. The van der Waals surface area contributed by atoms with Gasteiger partial charge in [0.25, 0.3) is 0 Å². The van der Waals surface area contributed by atoms with Crippen molar-refractivity contribution in [2.75, 3.05) is 27.7 Å². The first-order valence-corrected chi connectivity index (χ1v) is 5.11. The Labute approximate surface area is 91.8 Å². The molecule has 2 N–H and O–H groups in total. The Morgan fingerprint density at radius 2 is 2.07 bits per heavy atom. The van der Waals surface area contributed by atoms with E-state index >= 15 is 0 Å². The van der Waals surface area contributed by atoms with E-state index in [4.69, 9.17) is 10.5 Å². The zero-order chi connectivity index (χ0) is 11.4. The summed E-state index contributed by atoms with van der Waals surface area (Å²) in [6.45, 7) is 2.67. The second-order valence-corrected chi connectivity index (χ2v) is 3.96. The van der Waals surface area contributed by atoms with E-state index in [0.29, 0.717) is 6.54 Å². The number of hydrogen-bond donors (Lipinski definition) is 1. The second kappa shape index (κ2) is 5.14. The second-order valence-electron chi connectivity index (χ2n) is 3.96. The van der Waals surface area contributed by atoms with Gasteiger partial charge in [-0.2, -0.15) is 0 Å². The summed E-state index contributed by atoms with van der Waals surface area (Å²) in [6.07, 6.45) is 0. The van der Waals surface area contributed by atoms with Crippen molar-refractivity contribution in [2.24, 2.45) is 5.73 Å². The lowest BCUT2D eigenvalue weighted by Crippen LogP contribution is -2.27. The van der Waals surface area contributed by atoms with Gasteiger partial charge in [-0.3, -0.25) is 0 Å². The van der Waals surface area contributed by atoms with E-state index < -0.39 is 0 Å². The molecule has 0 bridgehead atoms. The largest absolute Gasteiger partial charge is 0.496 e. The zero-order valence-corrected chi connectivity index (χ0v) is 9.95. The third-order valence-corrected chi connectivity index (χ3v) is 2.59. The summed E-state index contributed by atoms with van der Waals surface area (Å²) >= 11 is 0. The maximum atomic E-state index is 5.78. The number of nitrogens with two attached hydrogens (primary N) is 1. The van der Waals surface area contributed by atoms with Crippen LogP contribution >= 0.6 is 0 Å². The van der Waals surface area contributed by atoms with Crippen molar-refractivity contribution < 1.29 is 4.74 Å². The summed E-state index contributed by atoms with van der Waals surface area (Å²) in [6, 6.07) is 6.39. The molecule has 1 unspecified atom stereocenters. The Morgan fingerprint density at radius 1 is 1.40 bits per heavy atom. The highest BCUT2D eigenvalue weighted by Crippen LogP contribution is 2.28. The minimum Gasteiger partial charge on any atom is -0.496 e. The van der Waals surface area contributed by atoms with Crippen LogP contribution < -0.4 is 10.5 Å². The predicted octanol–water partition coefficient (Wildman–Crippen LogP) is 1.57. The number of hydrogen-bond acceptors (Lipinski definition) is 3. The van der Waals surface area contributed by atoms with Crippen LogP contribution in [0.3, 0.4) is 0 Å². The first-order chi connectivity index (χ1) is 7.10. The Kier molecular flexibility index (Phi) is 4.12. The molecule has 0 heterocycles. The van der Waals surface area contributed by atoms with Crippen LogP contribution in [0.5, 0.6) is 5.75 Å². The van der Waals surface area contributed by atoms with Crippen LogP contribution in [0, 0.1) is 6.92 Å². The van der Waals surface area contributed by atoms with Crippen molar-refractivity contribution in [3.63, 3.8) is 0 Å². The molecule has 3 nitrogen and oxygen atoms in total. The van der Waals surface area contributed by atoms with Gasteiger partial charge in [0.05, 0.1) is 13.2 Å². The molecule has 3 heteroatoms. The van der Waals surface area contributed by atoms with E-state index in [1.807, 2.05) is 26.2 Å². The Balaban J connectivity index is 3.13. The molecule has 0 aliphatic heterocycles. The first kappa shape index (κ1) is 12.0. The lowest BCUT2D eigenvalue weighted by molar-refractivity contribution is 0.294. The highest BCUT2D eigenvalue weighted by atomic mass is 16.5. The molecule has 1 aromatic rings. The molecule has 0 amide bonds. The molecule has 0 spiro atoms. The number of benzene rings is 1. The topological polar surface area (TPSA) is 38.5 Å². The van der Waals surface area contributed by atoms with E-state index in [2.05, 4.69) is 17.9 Å². The molecule has 0 aromatic heterocycles. The minimum atomic E-state index is 0.208. The van der Waals surface area contributed by atoms with Crippen LogP contribution in [0.2, 0.25) is 0 Å². The Bertz CT molecular complexity index is 323. The number of rotatable bonds is 4. The van der Waals surface area contributed by atoms with Crippen LogP contribution in [0.4, 0.5) is 0 Å². The van der Waals surface area contributed by atoms with Gasteiger partial charge in [-0.15, -0.1) is 0 Å². The first-order valence-electron chi connectivity index (χ1n) is 5.11. The zero-order valence-electron chi connectivity index (χ0n) is 9.95. The predicted molar refractivity (Wildman–Crippen MR) is 63.2 cm³/mol.